The van der Waals surface area contributed by atoms with Crippen molar-refractivity contribution in [3.8, 4) is 28.4 Å². The summed E-state index contributed by atoms with van der Waals surface area (Å²) >= 11 is -2.77. The van der Waals surface area contributed by atoms with Crippen LogP contribution in [0, 0.1) is 13.8 Å². The summed E-state index contributed by atoms with van der Waals surface area (Å²) in [4.78, 5) is 9.54. The molecule has 0 spiro atoms. The molecule has 38 heavy (non-hydrogen) atoms. The summed E-state index contributed by atoms with van der Waals surface area (Å²) in [6.45, 7) is 3.93. The van der Waals surface area contributed by atoms with Crippen LogP contribution in [0.2, 0.25) is 0 Å². The van der Waals surface area contributed by atoms with Crippen molar-refractivity contribution >= 4 is 41.0 Å². The second-order valence-electron chi connectivity index (χ2n) is 9.27. The Hall–Kier alpha value is -4.37. The third-order valence-corrected chi connectivity index (χ3v) is 8.41. The van der Waals surface area contributed by atoms with Crippen molar-refractivity contribution in [1.82, 2.24) is 9.97 Å². The molecule has 0 radical (unpaired) electrons. The number of pyridine rings is 2. The van der Waals surface area contributed by atoms with E-state index in [0.717, 1.165) is 48.7 Å². The number of phenols is 1. The first-order chi connectivity index (χ1) is 18.5. The molecular weight excluding hydrogens is 487 g/mol. The second-order valence-corrected chi connectivity index (χ2v) is 11.0. The molecule has 5 nitrogen and oxygen atoms in total. The van der Waals surface area contributed by atoms with Gasteiger partial charge in [0.1, 0.15) is 28.3 Å². The fourth-order valence-electron chi connectivity index (χ4n) is 4.63. The van der Waals surface area contributed by atoms with Crippen molar-refractivity contribution in [2.45, 2.75) is 13.8 Å². The van der Waals surface area contributed by atoms with Gasteiger partial charge in [0.2, 0.25) is 0 Å². The van der Waals surface area contributed by atoms with Crippen LogP contribution in [0.25, 0.3) is 32.9 Å². The maximum absolute atomic E-state index is 10.6. The highest BCUT2D eigenvalue weighted by Crippen LogP contribution is 2.29. The van der Waals surface area contributed by atoms with Crippen LogP contribution in [-0.4, -0.2) is 29.9 Å². The molecule has 0 aliphatic rings. The van der Waals surface area contributed by atoms with Gasteiger partial charge in [-0.2, -0.15) is 0 Å². The molecule has 184 valence electrons. The summed E-state index contributed by atoms with van der Waals surface area (Å²) in [5.41, 5.74) is 5.34. The lowest BCUT2D eigenvalue weighted by atomic mass is 10.1. The summed E-state index contributed by atoms with van der Waals surface area (Å²) in [5.74, 6) is 1.45. The molecule has 6 aromatic rings. The van der Waals surface area contributed by atoms with Gasteiger partial charge in [-0.15, -0.1) is 0 Å². The maximum Gasteiger partial charge on any atom is 0.902 e. The summed E-state index contributed by atoms with van der Waals surface area (Å²) < 4.78 is 14.4. The Labute approximate surface area is 226 Å². The molecule has 0 fully saturated rings. The van der Waals surface area contributed by atoms with Gasteiger partial charge in [-0.1, -0.05) is 72.8 Å². The molecule has 0 saturated heterocycles. The zero-order valence-corrected chi connectivity index (χ0v) is 22.3. The van der Waals surface area contributed by atoms with E-state index in [0.29, 0.717) is 11.5 Å². The van der Waals surface area contributed by atoms with Crippen LogP contribution >= 0.6 is 0 Å². The topological polar surface area (TPSA) is 64.5 Å². The first-order valence-electron chi connectivity index (χ1n) is 12.5. The van der Waals surface area contributed by atoms with Crippen molar-refractivity contribution in [3.63, 3.8) is 0 Å². The van der Waals surface area contributed by atoms with Gasteiger partial charge in [-0.25, -0.2) is 9.97 Å². The molecule has 1 N–H and O–H groups in total. The molecule has 0 bridgehead atoms. The minimum Gasteiger partial charge on any atom is -0.607 e. The molecule has 6 heteroatoms. The van der Waals surface area contributed by atoms with Gasteiger partial charge in [0.25, 0.3) is 0 Å². The number of para-hydroxylation sites is 2. The minimum absolute atomic E-state index is 0.156. The molecule has 6 rings (SSSR count). The van der Waals surface area contributed by atoms with Crippen LogP contribution in [-0.2, 0) is 0 Å². The lowest BCUT2D eigenvalue weighted by Gasteiger charge is -2.21. The van der Waals surface area contributed by atoms with E-state index in [1.54, 1.807) is 12.1 Å². The van der Waals surface area contributed by atoms with Gasteiger partial charge in [-0.05, 0) is 65.8 Å². The van der Waals surface area contributed by atoms with Gasteiger partial charge in [0.05, 0.1) is 0 Å². The van der Waals surface area contributed by atoms with Gasteiger partial charge in [0.15, 0.2) is 0 Å². The minimum atomic E-state index is -2.77. The Morgan fingerprint density at radius 3 is 1.76 bits per heavy atom. The molecular formula is C32H25AlN2O3. The summed E-state index contributed by atoms with van der Waals surface area (Å²) in [6.07, 6.45) is 0. The molecule has 0 aliphatic carbocycles. The second kappa shape index (κ2) is 10.2. The fraction of sp³-hybridized carbons (Fsp3) is 0.0625. The monoisotopic (exact) mass is 512 g/mol. The zero-order chi connectivity index (χ0) is 26.1. The summed E-state index contributed by atoms with van der Waals surface area (Å²) in [7, 11) is 0. The van der Waals surface area contributed by atoms with E-state index in [2.05, 4.69) is 0 Å². The molecule has 0 atom stereocenters. The summed E-state index contributed by atoms with van der Waals surface area (Å²) in [6, 6.07) is 35.3. The maximum atomic E-state index is 10.6. The largest absolute Gasteiger partial charge is 0.902 e. The van der Waals surface area contributed by atoms with E-state index in [1.165, 1.54) is 0 Å². The Bertz CT molecular complexity index is 1690. The number of benzene rings is 4. The van der Waals surface area contributed by atoms with Crippen molar-refractivity contribution in [2.24, 2.45) is 0 Å². The Balaban J connectivity index is 1.53. The molecule has 0 unspecified atom stereocenters. The predicted molar refractivity (Wildman–Crippen MR) is 153 cm³/mol. The van der Waals surface area contributed by atoms with Crippen LogP contribution in [0.3, 0.4) is 0 Å². The lowest BCUT2D eigenvalue weighted by Crippen LogP contribution is -2.44. The number of fused-ring (bicyclic) bond motifs is 2. The SMILES string of the molecule is Cc1ccc2cccc([O][Al]([O]c3cccc4ccc(C)nc34)[c]3cc(O)ccc3-c3ccccc3)c2n1. The van der Waals surface area contributed by atoms with Crippen LogP contribution in [0.15, 0.2) is 109 Å². The first-order valence-corrected chi connectivity index (χ1v) is 14.0. The van der Waals surface area contributed by atoms with Crippen LogP contribution < -0.4 is 12.0 Å². The average Bonchev–Trinajstić information content (AvgIpc) is 2.93. The van der Waals surface area contributed by atoms with Crippen LogP contribution in [0.1, 0.15) is 11.4 Å². The quantitative estimate of drug-likeness (QED) is 0.254. The first kappa shape index (κ1) is 24.0. The van der Waals surface area contributed by atoms with E-state index < -0.39 is 14.8 Å². The number of nitrogens with zero attached hydrogens (tertiary/aromatic N) is 2. The number of phenolic OH excluding ortho intramolecular Hbond substituents is 1. The number of aryl methyl sites for hydroxylation is 2. The van der Waals surface area contributed by atoms with Crippen molar-refractivity contribution in [1.29, 1.82) is 0 Å². The van der Waals surface area contributed by atoms with Crippen LogP contribution in [0.5, 0.6) is 17.2 Å². The van der Waals surface area contributed by atoms with E-state index in [4.69, 9.17) is 17.5 Å². The molecule has 0 aliphatic heterocycles. The molecule has 2 aromatic heterocycles. The van der Waals surface area contributed by atoms with E-state index in [9.17, 15) is 5.11 Å². The third kappa shape index (κ3) is 4.80. The molecule has 0 saturated carbocycles. The van der Waals surface area contributed by atoms with Gasteiger partial charge in [-0.3, -0.25) is 0 Å². The van der Waals surface area contributed by atoms with E-state index in [-0.39, 0.29) is 5.75 Å². The zero-order valence-electron chi connectivity index (χ0n) is 21.1. The molecule has 2 heterocycles. The Morgan fingerprint density at radius 2 is 1.18 bits per heavy atom. The fourth-order valence-corrected chi connectivity index (χ4v) is 6.60. The third-order valence-electron chi connectivity index (χ3n) is 6.49. The number of hydrogen-bond acceptors (Lipinski definition) is 5. The average molecular weight is 513 g/mol. The highest BCUT2D eigenvalue weighted by Gasteiger charge is 2.40. The Kier molecular flexibility index (Phi) is 6.43. The predicted octanol–water partition coefficient (Wildman–Crippen LogP) is 6.63. The standard InChI is InChI=1S/C12H9O.2C10H9NO.Al/c13-12-8-6-11(7-9-12)10-4-2-1-3-5-10;2*1-7-5-6-8-3-2-4-9(12)10(8)11-7;/h1-6,8-9,13H;2*2-6,12H,1H3;/q;;;+2/p-2. The molecule has 4 aromatic carbocycles. The number of rotatable bonds is 6. The lowest BCUT2D eigenvalue weighted by molar-refractivity contribution is 0.442. The number of aromatic nitrogens is 2. The normalized spacial score (nSPS) is 11.0. The van der Waals surface area contributed by atoms with Gasteiger partial charge < -0.3 is 12.7 Å². The van der Waals surface area contributed by atoms with Gasteiger partial charge in [0, 0.05) is 22.2 Å². The Morgan fingerprint density at radius 1 is 0.605 bits per heavy atom. The smallest absolute Gasteiger partial charge is 0.607 e. The van der Waals surface area contributed by atoms with E-state index in [1.807, 2.05) is 111 Å². The van der Waals surface area contributed by atoms with Crippen molar-refractivity contribution < 1.29 is 12.7 Å². The highest BCUT2D eigenvalue weighted by atomic mass is 27.2. The number of aromatic hydroxyl groups is 1. The van der Waals surface area contributed by atoms with Crippen molar-refractivity contribution in [3.05, 3.63) is 121 Å². The van der Waals surface area contributed by atoms with Gasteiger partial charge >= 0.3 is 14.8 Å². The molecule has 0 amide bonds. The summed E-state index contributed by atoms with van der Waals surface area (Å²) in [5, 5.41) is 12.5. The number of hydrogen-bond donors (Lipinski definition) is 1. The highest BCUT2D eigenvalue weighted by molar-refractivity contribution is 6.64. The van der Waals surface area contributed by atoms with Crippen LogP contribution in [0.4, 0.5) is 0 Å². The van der Waals surface area contributed by atoms with Crippen molar-refractivity contribution in [2.75, 3.05) is 0 Å². The van der Waals surface area contributed by atoms with E-state index >= 15 is 0 Å².